The van der Waals surface area contributed by atoms with Crippen LogP contribution in [0.5, 0.6) is 0 Å². The molecule has 86 valence electrons. The van der Waals surface area contributed by atoms with E-state index in [1.807, 2.05) is 48.0 Å². The Morgan fingerprint density at radius 2 is 1.88 bits per heavy atom. The van der Waals surface area contributed by atoms with Crippen LogP contribution in [0.3, 0.4) is 0 Å². The van der Waals surface area contributed by atoms with Crippen LogP contribution in [-0.4, -0.2) is 27.0 Å². The van der Waals surface area contributed by atoms with Gasteiger partial charge >= 0.3 is 0 Å². The van der Waals surface area contributed by atoms with Gasteiger partial charge in [-0.15, -0.1) is 0 Å². The van der Waals surface area contributed by atoms with Crippen molar-refractivity contribution in [2.24, 2.45) is 0 Å². The van der Waals surface area contributed by atoms with Crippen molar-refractivity contribution in [1.82, 2.24) is 4.57 Å². The van der Waals surface area contributed by atoms with Gasteiger partial charge in [0.1, 0.15) is 0 Å². The summed E-state index contributed by atoms with van der Waals surface area (Å²) in [5.41, 5.74) is 1.09. The lowest BCUT2D eigenvalue weighted by Crippen LogP contribution is -2.29. The second-order valence-electron chi connectivity index (χ2n) is 4.07. The number of nitrogens with zero attached hydrogens (tertiary/aromatic N) is 1. The number of aromatic nitrogens is 1. The Morgan fingerprint density at radius 3 is 2.62 bits per heavy atom. The summed E-state index contributed by atoms with van der Waals surface area (Å²) in [5.74, 6) is 0. The summed E-state index contributed by atoms with van der Waals surface area (Å²) in [6.45, 7) is 2.30. The van der Waals surface area contributed by atoms with E-state index in [0.717, 1.165) is 10.9 Å². The highest BCUT2D eigenvalue weighted by atomic mass is 16.3. The number of aliphatic hydroxyl groups is 2. The van der Waals surface area contributed by atoms with Crippen molar-refractivity contribution in [2.75, 3.05) is 0 Å². The molecule has 0 aliphatic carbocycles. The molecule has 2 rings (SSSR count). The van der Waals surface area contributed by atoms with Crippen LogP contribution in [-0.2, 0) is 6.54 Å². The average Bonchev–Trinajstić information content (AvgIpc) is 2.72. The summed E-state index contributed by atoms with van der Waals surface area (Å²) < 4.78 is 1.97. The first-order valence-electron chi connectivity index (χ1n) is 5.62. The van der Waals surface area contributed by atoms with Gasteiger partial charge in [0.05, 0.1) is 18.8 Å². The Balaban J connectivity index is 2.21. The zero-order valence-corrected chi connectivity index (χ0v) is 9.37. The van der Waals surface area contributed by atoms with E-state index in [1.54, 1.807) is 0 Å². The predicted molar refractivity (Wildman–Crippen MR) is 64.2 cm³/mol. The van der Waals surface area contributed by atoms with Crippen LogP contribution in [0.1, 0.15) is 13.3 Å². The van der Waals surface area contributed by atoms with Gasteiger partial charge in [0.25, 0.3) is 0 Å². The van der Waals surface area contributed by atoms with Gasteiger partial charge in [-0.1, -0.05) is 25.1 Å². The Hall–Kier alpha value is -1.32. The van der Waals surface area contributed by atoms with E-state index < -0.39 is 12.2 Å². The fourth-order valence-corrected chi connectivity index (χ4v) is 1.90. The molecule has 0 amide bonds. The summed E-state index contributed by atoms with van der Waals surface area (Å²) in [5, 5.41) is 20.5. The van der Waals surface area contributed by atoms with Crippen LogP contribution in [0.15, 0.2) is 36.5 Å². The number of rotatable bonds is 4. The molecule has 0 aliphatic rings. The SMILES string of the molecule is CCC(O)C(O)Cn1ccc2ccccc21. The molecule has 3 heteroatoms. The van der Waals surface area contributed by atoms with Gasteiger partial charge in [0.2, 0.25) is 0 Å². The van der Waals surface area contributed by atoms with Gasteiger partial charge in [-0.3, -0.25) is 0 Å². The number of para-hydroxylation sites is 1. The van der Waals surface area contributed by atoms with E-state index in [-0.39, 0.29) is 0 Å². The zero-order chi connectivity index (χ0) is 11.5. The van der Waals surface area contributed by atoms with Crippen molar-refractivity contribution in [3.05, 3.63) is 36.5 Å². The minimum atomic E-state index is -0.708. The molecule has 1 heterocycles. The zero-order valence-electron chi connectivity index (χ0n) is 9.37. The van der Waals surface area contributed by atoms with Gasteiger partial charge in [0.15, 0.2) is 0 Å². The maximum atomic E-state index is 9.78. The van der Waals surface area contributed by atoms with E-state index >= 15 is 0 Å². The maximum Gasteiger partial charge on any atom is 0.0977 e. The molecule has 3 nitrogen and oxygen atoms in total. The summed E-state index contributed by atoms with van der Waals surface area (Å²) in [6, 6.07) is 10.0. The third kappa shape index (κ3) is 2.10. The number of hydrogen-bond acceptors (Lipinski definition) is 2. The first-order chi connectivity index (χ1) is 7.72. The second kappa shape index (κ2) is 4.68. The van der Waals surface area contributed by atoms with Crippen molar-refractivity contribution in [3.63, 3.8) is 0 Å². The molecular weight excluding hydrogens is 202 g/mol. The molecule has 1 aromatic carbocycles. The molecule has 2 atom stereocenters. The average molecular weight is 219 g/mol. The standard InChI is InChI=1S/C13H17NO2/c1-2-12(15)13(16)9-14-8-7-10-5-3-4-6-11(10)14/h3-8,12-13,15-16H,2,9H2,1H3. The van der Waals surface area contributed by atoms with Crippen molar-refractivity contribution >= 4 is 10.9 Å². The summed E-state index contributed by atoms with van der Waals surface area (Å²) in [4.78, 5) is 0. The highest BCUT2D eigenvalue weighted by Crippen LogP contribution is 2.16. The first kappa shape index (κ1) is 11.2. The fraction of sp³-hybridized carbons (Fsp3) is 0.385. The number of benzene rings is 1. The lowest BCUT2D eigenvalue weighted by molar-refractivity contribution is 0.00837. The topological polar surface area (TPSA) is 45.4 Å². The van der Waals surface area contributed by atoms with Gasteiger partial charge in [-0.2, -0.15) is 0 Å². The molecule has 0 fully saturated rings. The first-order valence-corrected chi connectivity index (χ1v) is 5.62. The Bertz CT molecular complexity index is 464. The van der Waals surface area contributed by atoms with Gasteiger partial charge < -0.3 is 14.8 Å². The summed E-state index contributed by atoms with van der Waals surface area (Å²) in [7, 11) is 0. The third-order valence-electron chi connectivity index (χ3n) is 2.93. The van der Waals surface area contributed by atoms with E-state index in [9.17, 15) is 10.2 Å². The lowest BCUT2D eigenvalue weighted by atomic mass is 10.1. The molecule has 0 radical (unpaired) electrons. The largest absolute Gasteiger partial charge is 0.390 e. The highest BCUT2D eigenvalue weighted by Gasteiger charge is 2.15. The number of aliphatic hydroxyl groups excluding tert-OH is 2. The molecule has 0 saturated heterocycles. The smallest absolute Gasteiger partial charge is 0.0977 e. The normalized spacial score (nSPS) is 15.2. The molecule has 0 spiro atoms. The molecule has 0 saturated carbocycles. The summed E-state index contributed by atoms with van der Waals surface area (Å²) >= 11 is 0. The predicted octanol–water partition coefficient (Wildman–Crippen LogP) is 1.77. The van der Waals surface area contributed by atoms with Gasteiger partial charge in [-0.05, 0) is 23.9 Å². The van der Waals surface area contributed by atoms with Gasteiger partial charge in [-0.25, -0.2) is 0 Å². The molecule has 2 N–H and O–H groups in total. The van der Waals surface area contributed by atoms with E-state index in [0.29, 0.717) is 13.0 Å². The van der Waals surface area contributed by atoms with Crippen molar-refractivity contribution < 1.29 is 10.2 Å². The lowest BCUT2D eigenvalue weighted by Gasteiger charge is -2.17. The fourth-order valence-electron chi connectivity index (χ4n) is 1.90. The van der Waals surface area contributed by atoms with Crippen molar-refractivity contribution in [3.8, 4) is 0 Å². The highest BCUT2D eigenvalue weighted by molar-refractivity contribution is 5.79. The van der Waals surface area contributed by atoms with Gasteiger partial charge in [0, 0.05) is 11.7 Å². The van der Waals surface area contributed by atoms with Crippen molar-refractivity contribution in [1.29, 1.82) is 0 Å². The summed E-state index contributed by atoms with van der Waals surface area (Å²) in [6.07, 6.45) is 1.15. The van der Waals surface area contributed by atoms with Crippen LogP contribution in [0.2, 0.25) is 0 Å². The Morgan fingerprint density at radius 1 is 1.12 bits per heavy atom. The molecule has 2 unspecified atom stereocenters. The molecule has 2 aromatic rings. The van der Waals surface area contributed by atoms with Crippen LogP contribution >= 0.6 is 0 Å². The maximum absolute atomic E-state index is 9.78. The van der Waals surface area contributed by atoms with Crippen LogP contribution in [0.25, 0.3) is 10.9 Å². The van der Waals surface area contributed by atoms with E-state index in [4.69, 9.17) is 0 Å². The third-order valence-corrected chi connectivity index (χ3v) is 2.93. The Kier molecular flexibility index (Phi) is 3.27. The number of hydrogen-bond donors (Lipinski definition) is 2. The number of fused-ring (bicyclic) bond motifs is 1. The van der Waals surface area contributed by atoms with E-state index in [2.05, 4.69) is 0 Å². The molecule has 16 heavy (non-hydrogen) atoms. The molecule has 0 bridgehead atoms. The molecule has 1 aromatic heterocycles. The van der Waals surface area contributed by atoms with Crippen molar-refractivity contribution in [2.45, 2.75) is 32.1 Å². The van der Waals surface area contributed by atoms with Crippen LogP contribution < -0.4 is 0 Å². The van der Waals surface area contributed by atoms with E-state index in [1.165, 1.54) is 0 Å². The second-order valence-corrected chi connectivity index (χ2v) is 4.07. The Labute approximate surface area is 94.9 Å². The van der Waals surface area contributed by atoms with Crippen LogP contribution in [0.4, 0.5) is 0 Å². The van der Waals surface area contributed by atoms with Crippen LogP contribution in [0, 0.1) is 0 Å². The quantitative estimate of drug-likeness (QED) is 0.823. The molecule has 0 aliphatic heterocycles. The minimum absolute atomic E-state index is 0.433. The molecular formula is C13H17NO2. The minimum Gasteiger partial charge on any atom is -0.390 e. The monoisotopic (exact) mass is 219 g/mol.